The van der Waals surface area contributed by atoms with Crippen LogP contribution in [0.5, 0.6) is 5.75 Å². The van der Waals surface area contributed by atoms with Gasteiger partial charge in [-0.3, -0.25) is 4.99 Å². The number of hydrogen-bond acceptors (Lipinski definition) is 3. The fourth-order valence-electron chi connectivity index (χ4n) is 5.02. The number of hydrogen-bond donors (Lipinski definition) is 0. The molecule has 3 rings (SSSR count). The van der Waals surface area contributed by atoms with Crippen LogP contribution in [0.2, 0.25) is 0 Å². The van der Waals surface area contributed by atoms with E-state index in [1.165, 1.54) is 33.1 Å². The molecule has 0 saturated carbocycles. The summed E-state index contributed by atoms with van der Waals surface area (Å²) in [5.41, 5.74) is 8.56. The normalized spacial score (nSPS) is 12.9. The van der Waals surface area contributed by atoms with E-state index in [9.17, 15) is 0 Å². The maximum atomic E-state index is 6.29. The lowest BCUT2D eigenvalue weighted by Gasteiger charge is -2.37. The third-order valence-corrected chi connectivity index (χ3v) is 9.72. The van der Waals surface area contributed by atoms with Crippen molar-refractivity contribution in [3.63, 3.8) is 0 Å². The first kappa shape index (κ1) is 29.1. The highest BCUT2D eigenvalue weighted by atomic mass is 31.1. The van der Waals surface area contributed by atoms with E-state index in [0.29, 0.717) is 8.58 Å². The number of aliphatic imine (C=N–C) groups is 1. The van der Waals surface area contributed by atoms with Crippen molar-refractivity contribution in [3.8, 4) is 5.75 Å². The Balaban J connectivity index is 2.26. The minimum Gasteiger partial charge on any atom is -0.467 e. The Kier molecular flexibility index (Phi) is 9.73. The Hall–Kier alpha value is -2.48. The summed E-state index contributed by atoms with van der Waals surface area (Å²) in [5.74, 6) is 0.966. The Morgan fingerprint density at radius 1 is 0.892 bits per heavy atom. The van der Waals surface area contributed by atoms with Gasteiger partial charge in [0.2, 0.25) is 0 Å². The summed E-state index contributed by atoms with van der Waals surface area (Å²) in [7, 11) is 4.14. The summed E-state index contributed by atoms with van der Waals surface area (Å²) in [6.07, 6.45) is 2.02. The molecule has 0 spiro atoms. The van der Waals surface area contributed by atoms with E-state index in [4.69, 9.17) is 14.5 Å². The molecule has 0 aliphatic carbocycles. The van der Waals surface area contributed by atoms with Crippen molar-refractivity contribution in [1.82, 2.24) is 0 Å². The van der Waals surface area contributed by atoms with Crippen LogP contribution < -0.4 is 10.0 Å². The molecule has 0 fully saturated rings. The van der Waals surface area contributed by atoms with Gasteiger partial charge in [-0.25, -0.2) is 0 Å². The van der Waals surface area contributed by atoms with E-state index < -0.39 is 0 Å². The summed E-state index contributed by atoms with van der Waals surface area (Å²) in [4.78, 5) is 4.78. The highest BCUT2D eigenvalue weighted by Crippen LogP contribution is 2.52. The van der Waals surface area contributed by atoms with Crippen LogP contribution in [-0.2, 0) is 15.3 Å². The quantitative estimate of drug-likeness (QED) is 0.155. The van der Waals surface area contributed by atoms with Crippen molar-refractivity contribution in [1.29, 1.82) is 0 Å². The number of methoxy groups -OCH3 is 1. The van der Waals surface area contributed by atoms with Gasteiger partial charge in [-0.2, -0.15) is 0 Å². The lowest BCUT2D eigenvalue weighted by Crippen LogP contribution is -2.27. The van der Waals surface area contributed by atoms with Crippen LogP contribution in [-0.4, -0.2) is 26.7 Å². The second-order valence-corrected chi connectivity index (χ2v) is 12.5. The predicted octanol–water partition coefficient (Wildman–Crippen LogP) is 8.07. The van der Waals surface area contributed by atoms with E-state index in [1.807, 2.05) is 7.05 Å². The smallest absolute Gasteiger partial charge is 0.188 e. The molecule has 0 bridgehead atoms. The van der Waals surface area contributed by atoms with Gasteiger partial charge in [0.25, 0.3) is 0 Å². The first-order valence-corrected chi connectivity index (χ1v) is 14.3. The molecule has 0 saturated heterocycles. The molecule has 0 aliphatic heterocycles. The monoisotopic (exact) mass is 517 g/mol. The van der Waals surface area contributed by atoms with Gasteiger partial charge in [-0.15, -0.1) is 0 Å². The summed E-state index contributed by atoms with van der Waals surface area (Å²) in [6, 6.07) is 21.8. The van der Waals surface area contributed by atoms with Gasteiger partial charge in [-0.1, -0.05) is 104 Å². The van der Waals surface area contributed by atoms with Crippen molar-refractivity contribution in [3.05, 3.63) is 94.0 Å². The molecule has 0 heterocycles. The van der Waals surface area contributed by atoms with Crippen LogP contribution in [0.4, 0.5) is 0 Å². The van der Waals surface area contributed by atoms with E-state index >= 15 is 0 Å². The molecule has 3 nitrogen and oxygen atoms in total. The summed E-state index contributed by atoms with van der Waals surface area (Å²) in [5, 5.41) is 1.30. The number of rotatable bonds is 10. The zero-order valence-electron chi connectivity index (χ0n) is 24.2. The molecule has 0 aromatic heterocycles. The molecule has 0 N–H and O–H groups in total. The standard InChI is InChI=1S/C33H44NO2P/c1-10-33(11-2,28-21-26(32(5,6)7)20-24(4)30(28)36-22-35-9)37-31-23(3)16-15-19-27(31)29(34-8)25-17-13-12-14-18-25/h12-21,37H,10-11,22H2,1-9H3. The van der Waals surface area contributed by atoms with Crippen molar-refractivity contribution >= 4 is 19.6 Å². The first-order valence-electron chi connectivity index (χ1n) is 13.3. The number of ether oxygens (including phenoxy) is 2. The molecular weight excluding hydrogens is 473 g/mol. The highest BCUT2D eigenvalue weighted by Gasteiger charge is 2.35. The number of aryl methyl sites for hydroxylation is 2. The maximum Gasteiger partial charge on any atom is 0.188 e. The van der Waals surface area contributed by atoms with E-state index in [-0.39, 0.29) is 17.4 Å². The highest BCUT2D eigenvalue weighted by molar-refractivity contribution is 7.49. The van der Waals surface area contributed by atoms with Gasteiger partial charge in [0.1, 0.15) is 5.75 Å². The molecule has 0 radical (unpaired) electrons. The molecule has 3 aromatic rings. The largest absolute Gasteiger partial charge is 0.467 e. The van der Waals surface area contributed by atoms with Gasteiger partial charge >= 0.3 is 0 Å². The van der Waals surface area contributed by atoms with Crippen molar-refractivity contribution in [2.24, 2.45) is 4.99 Å². The lowest BCUT2D eigenvalue weighted by molar-refractivity contribution is 0.0494. The first-order chi connectivity index (χ1) is 17.6. The van der Waals surface area contributed by atoms with Crippen LogP contribution >= 0.6 is 8.58 Å². The van der Waals surface area contributed by atoms with E-state index in [0.717, 1.165) is 29.9 Å². The second kappa shape index (κ2) is 12.4. The van der Waals surface area contributed by atoms with Crippen LogP contribution in [0.1, 0.15) is 80.8 Å². The fraction of sp³-hybridized carbons (Fsp3) is 0.424. The summed E-state index contributed by atoms with van der Waals surface area (Å²) >= 11 is 0. The van der Waals surface area contributed by atoms with Crippen molar-refractivity contribution < 1.29 is 9.47 Å². The molecule has 4 heteroatoms. The van der Waals surface area contributed by atoms with Crippen LogP contribution in [0.15, 0.2) is 65.7 Å². The van der Waals surface area contributed by atoms with Crippen LogP contribution in [0, 0.1) is 13.8 Å². The molecular formula is C33H44NO2P. The molecule has 0 amide bonds. The average molecular weight is 518 g/mol. The zero-order chi connectivity index (χ0) is 27.2. The molecule has 37 heavy (non-hydrogen) atoms. The second-order valence-electron chi connectivity index (χ2n) is 10.8. The van der Waals surface area contributed by atoms with Gasteiger partial charge in [-0.05, 0) is 54.1 Å². The third-order valence-electron chi connectivity index (χ3n) is 7.35. The van der Waals surface area contributed by atoms with Crippen LogP contribution in [0.3, 0.4) is 0 Å². The van der Waals surface area contributed by atoms with Gasteiger partial charge in [0, 0.05) is 36.0 Å². The van der Waals surface area contributed by atoms with Gasteiger partial charge < -0.3 is 9.47 Å². The van der Waals surface area contributed by atoms with Gasteiger partial charge in [0.05, 0.1) is 5.71 Å². The van der Waals surface area contributed by atoms with Crippen LogP contribution in [0.25, 0.3) is 0 Å². The fourth-order valence-corrected chi connectivity index (χ4v) is 6.79. The zero-order valence-corrected chi connectivity index (χ0v) is 25.2. The molecule has 198 valence electrons. The molecule has 1 atom stereocenters. The number of benzene rings is 3. The van der Waals surface area contributed by atoms with E-state index in [1.54, 1.807) is 7.11 Å². The molecule has 3 aromatic carbocycles. The Bertz CT molecular complexity index is 1220. The molecule has 1 unspecified atom stereocenters. The summed E-state index contributed by atoms with van der Waals surface area (Å²) < 4.78 is 11.6. The van der Waals surface area contributed by atoms with Crippen molar-refractivity contribution in [2.75, 3.05) is 21.0 Å². The average Bonchev–Trinajstić information content (AvgIpc) is 2.88. The summed E-state index contributed by atoms with van der Waals surface area (Å²) in [6.45, 7) is 16.1. The minimum atomic E-state index is -0.0779. The Labute approximate surface area is 226 Å². The maximum absolute atomic E-state index is 6.29. The minimum absolute atomic E-state index is 0.0405. The predicted molar refractivity (Wildman–Crippen MR) is 162 cm³/mol. The topological polar surface area (TPSA) is 30.8 Å². The number of nitrogens with zero attached hydrogens (tertiary/aromatic N) is 1. The van der Waals surface area contributed by atoms with Gasteiger partial charge in [0.15, 0.2) is 6.79 Å². The Morgan fingerprint density at radius 2 is 1.57 bits per heavy atom. The van der Waals surface area contributed by atoms with E-state index in [2.05, 4.69) is 109 Å². The Morgan fingerprint density at radius 3 is 2.14 bits per heavy atom. The lowest BCUT2D eigenvalue weighted by atomic mass is 9.81. The van der Waals surface area contributed by atoms with Crippen molar-refractivity contribution in [2.45, 2.75) is 71.9 Å². The third kappa shape index (κ3) is 6.33. The SMILES string of the molecule is CCC(CC)(Pc1c(C)cccc1C(=NC)c1ccccc1)c1cc(C(C)(C)C)cc(C)c1OCOC. The molecule has 0 aliphatic rings.